The van der Waals surface area contributed by atoms with Crippen molar-refractivity contribution in [3.05, 3.63) is 29.3 Å². The zero-order chi connectivity index (χ0) is 18.9. The normalized spacial score (nSPS) is 14.1. The van der Waals surface area contributed by atoms with E-state index in [0.29, 0.717) is 0 Å². The standard InChI is InChI=1S/C19H26N2O4S/c1-13-7-8-16(14(2)9-13)21-18(23)11-26-12-19(24)25-10-17(22)20-15-5-3-4-6-15/h7-9,15H,3-6,10-12H2,1-2H3,(H,20,22)(H,21,23). The van der Waals surface area contributed by atoms with Gasteiger partial charge < -0.3 is 15.4 Å². The van der Waals surface area contributed by atoms with Gasteiger partial charge in [-0.2, -0.15) is 0 Å². The van der Waals surface area contributed by atoms with Crippen LogP contribution in [-0.4, -0.2) is 41.9 Å². The van der Waals surface area contributed by atoms with Crippen LogP contribution in [0.3, 0.4) is 0 Å². The first kappa shape index (κ1) is 20.3. The lowest BCUT2D eigenvalue weighted by Crippen LogP contribution is -2.36. The minimum Gasteiger partial charge on any atom is -0.455 e. The van der Waals surface area contributed by atoms with Crippen molar-refractivity contribution < 1.29 is 19.1 Å². The van der Waals surface area contributed by atoms with Crippen molar-refractivity contribution in [3.63, 3.8) is 0 Å². The molecule has 1 fully saturated rings. The number of benzene rings is 1. The van der Waals surface area contributed by atoms with Gasteiger partial charge >= 0.3 is 5.97 Å². The van der Waals surface area contributed by atoms with Gasteiger partial charge in [-0.1, -0.05) is 30.5 Å². The quantitative estimate of drug-likeness (QED) is 0.679. The molecule has 0 unspecified atom stereocenters. The molecule has 0 spiro atoms. The van der Waals surface area contributed by atoms with E-state index in [2.05, 4.69) is 10.6 Å². The van der Waals surface area contributed by atoms with E-state index in [4.69, 9.17) is 4.74 Å². The largest absolute Gasteiger partial charge is 0.455 e. The highest BCUT2D eigenvalue weighted by Gasteiger charge is 2.18. The number of hydrogen-bond donors (Lipinski definition) is 2. The summed E-state index contributed by atoms with van der Waals surface area (Å²) in [5, 5.41) is 5.68. The van der Waals surface area contributed by atoms with Gasteiger partial charge in [-0.3, -0.25) is 14.4 Å². The highest BCUT2D eigenvalue weighted by atomic mass is 32.2. The van der Waals surface area contributed by atoms with Crippen molar-refractivity contribution in [1.82, 2.24) is 5.32 Å². The summed E-state index contributed by atoms with van der Waals surface area (Å²) in [6.07, 6.45) is 4.24. The van der Waals surface area contributed by atoms with Crippen molar-refractivity contribution in [2.45, 2.75) is 45.6 Å². The number of aryl methyl sites for hydroxylation is 2. The second-order valence-electron chi connectivity index (χ2n) is 6.57. The molecule has 6 nitrogen and oxygen atoms in total. The third-order valence-corrected chi connectivity index (χ3v) is 5.10. The summed E-state index contributed by atoms with van der Waals surface area (Å²) >= 11 is 1.16. The van der Waals surface area contributed by atoms with E-state index in [9.17, 15) is 14.4 Å². The van der Waals surface area contributed by atoms with Gasteiger partial charge in [-0.05, 0) is 38.3 Å². The van der Waals surface area contributed by atoms with Crippen LogP contribution in [0.2, 0.25) is 0 Å². The number of ether oxygens (including phenoxy) is 1. The van der Waals surface area contributed by atoms with Crippen LogP contribution in [0.5, 0.6) is 0 Å². The number of carbonyl (C=O) groups is 3. The molecule has 0 radical (unpaired) electrons. The molecule has 0 saturated heterocycles. The second kappa shape index (κ2) is 10.2. The Labute approximate surface area is 158 Å². The SMILES string of the molecule is Cc1ccc(NC(=O)CSCC(=O)OCC(=O)NC2CCCC2)c(C)c1. The van der Waals surface area contributed by atoms with Gasteiger partial charge in [0, 0.05) is 11.7 Å². The van der Waals surface area contributed by atoms with Crippen molar-refractivity contribution in [1.29, 1.82) is 0 Å². The van der Waals surface area contributed by atoms with E-state index in [1.807, 2.05) is 32.0 Å². The van der Waals surface area contributed by atoms with Crippen LogP contribution >= 0.6 is 11.8 Å². The minimum absolute atomic E-state index is 0.0387. The molecule has 0 aromatic heterocycles. The Morgan fingerprint density at radius 3 is 2.54 bits per heavy atom. The van der Waals surface area contributed by atoms with Gasteiger partial charge in [0.05, 0.1) is 11.5 Å². The van der Waals surface area contributed by atoms with Crippen LogP contribution in [0.1, 0.15) is 36.8 Å². The molecule has 2 N–H and O–H groups in total. The van der Waals surface area contributed by atoms with E-state index >= 15 is 0 Å². The predicted molar refractivity (Wildman–Crippen MR) is 103 cm³/mol. The van der Waals surface area contributed by atoms with Gasteiger partial charge in [0.15, 0.2) is 6.61 Å². The highest BCUT2D eigenvalue weighted by Crippen LogP contribution is 2.18. The van der Waals surface area contributed by atoms with Gasteiger partial charge in [-0.25, -0.2) is 0 Å². The first-order chi connectivity index (χ1) is 12.4. The molecule has 1 aliphatic carbocycles. The molecule has 0 aliphatic heterocycles. The summed E-state index contributed by atoms with van der Waals surface area (Å²) in [7, 11) is 0. The monoisotopic (exact) mass is 378 g/mol. The summed E-state index contributed by atoms with van der Waals surface area (Å²) in [6, 6.07) is 6.01. The third-order valence-electron chi connectivity index (χ3n) is 4.19. The number of nitrogens with one attached hydrogen (secondary N) is 2. The van der Waals surface area contributed by atoms with Crippen LogP contribution < -0.4 is 10.6 Å². The number of amides is 2. The summed E-state index contributed by atoms with van der Waals surface area (Å²) < 4.78 is 4.94. The number of anilines is 1. The van der Waals surface area contributed by atoms with E-state index in [1.54, 1.807) is 0 Å². The van der Waals surface area contributed by atoms with Gasteiger partial charge in [0.1, 0.15) is 0 Å². The Kier molecular flexibility index (Phi) is 7.97. The van der Waals surface area contributed by atoms with Crippen LogP contribution in [-0.2, 0) is 19.1 Å². The summed E-state index contributed by atoms with van der Waals surface area (Å²) in [4.78, 5) is 35.3. The topological polar surface area (TPSA) is 84.5 Å². The molecule has 26 heavy (non-hydrogen) atoms. The lowest BCUT2D eigenvalue weighted by Gasteiger charge is -2.12. The minimum atomic E-state index is -0.490. The first-order valence-corrected chi connectivity index (χ1v) is 9.99. The van der Waals surface area contributed by atoms with E-state index in [1.165, 1.54) is 0 Å². The smallest absolute Gasteiger partial charge is 0.316 e. The van der Waals surface area contributed by atoms with Gasteiger partial charge in [0.25, 0.3) is 5.91 Å². The van der Waals surface area contributed by atoms with Crippen LogP contribution in [0.4, 0.5) is 5.69 Å². The van der Waals surface area contributed by atoms with Crippen LogP contribution in [0.25, 0.3) is 0 Å². The van der Waals surface area contributed by atoms with Gasteiger partial charge in [0.2, 0.25) is 5.91 Å². The van der Waals surface area contributed by atoms with Crippen molar-refractivity contribution in [2.75, 3.05) is 23.4 Å². The molecule has 1 aromatic rings. The molecule has 1 aliphatic rings. The Balaban J connectivity index is 1.59. The first-order valence-electron chi connectivity index (χ1n) is 8.84. The zero-order valence-corrected chi connectivity index (χ0v) is 16.1. The summed E-state index contributed by atoms with van der Waals surface area (Å²) in [6.45, 7) is 3.67. The highest BCUT2D eigenvalue weighted by molar-refractivity contribution is 8.00. The van der Waals surface area contributed by atoms with Crippen LogP contribution in [0.15, 0.2) is 18.2 Å². The summed E-state index contributed by atoms with van der Waals surface area (Å²) in [5.41, 5.74) is 2.90. The molecule has 7 heteroatoms. The Morgan fingerprint density at radius 1 is 1.12 bits per heavy atom. The molecule has 1 saturated carbocycles. The molecule has 2 rings (SSSR count). The maximum Gasteiger partial charge on any atom is 0.316 e. The number of rotatable bonds is 8. The van der Waals surface area contributed by atoms with E-state index < -0.39 is 5.97 Å². The summed E-state index contributed by atoms with van der Waals surface area (Å²) in [5.74, 6) is -0.735. The maximum absolute atomic E-state index is 11.9. The Bertz CT molecular complexity index is 657. The van der Waals surface area contributed by atoms with Crippen LogP contribution in [0, 0.1) is 13.8 Å². The molecule has 0 heterocycles. The van der Waals surface area contributed by atoms with E-state index in [0.717, 1.165) is 54.3 Å². The maximum atomic E-state index is 11.9. The molecule has 142 valence electrons. The molecular weight excluding hydrogens is 352 g/mol. The van der Waals surface area contributed by atoms with Gasteiger partial charge in [-0.15, -0.1) is 11.8 Å². The number of carbonyl (C=O) groups excluding carboxylic acids is 3. The lowest BCUT2D eigenvalue weighted by atomic mass is 10.1. The zero-order valence-electron chi connectivity index (χ0n) is 15.3. The molecular formula is C19H26N2O4S. The molecule has 2 amide bonds. The fourth-order valence-corrected chi connectivity index (χ4v) is 3.50. The van der Waals surface area contributed by atoms with Crippen molar-refractivity contribution in [3.8, 4) is 0 Å². The fourth-order valence-electron chi connectivity index (χ4n) is 2.89. The lowest BCUT2D eigenvalue weighted by molar-refractivity contribution is -0.146. The average Bonchev–Trinajstić information content (AvgIpc) is 3.08. The average molecular weight is 378 g/mol. The van der Waals surface area contributed by atoms with Crippen molar-refractivity contribution >= 4 is 35.2 Å². The number of esters is 1. The van der Waals surface area contributed by atoms with Crippen molar-refractivity contribution in [2.24, 2.45) is 0 Å². The fraction of sp³-hybridized carbons (Fsp3) is 0.526. The second-order valence-corrected chi connectivity index (χ2v) is 7.55. The Hall–Kier alpha value is -2.02. The Morgan fingerprint density at radius 2 is 1.85 bits per heavy atom. The van der Waals surface area contributed by atoms with E-state index in [-0.39, 0.29) is 36.0 Å². The number of hydrogen-bond acceptors (Lipinski definition) is 5. The molecule has 0 bridgehead atoms. The molecule has 0 atom stereocenters. The molecule has 1 aromatic carbocycles. The predicted octanol–water partition coefficient (Wildman–Crippen LogP) is 2.58. The number of thioether (sulfide) groups is 1. The third kappa shape index (κ3) is 7.07.